The largest absolute Gasteiger partial charge is 0.352 e. The Hall–Kier alpha value is -3.56. The van der Waals surface area contributed by atoms with Gasteiger partial charge in [-0.15, -0.1) is 0 Å². The summed E-state index contributed by atoms with van der Waals surface area (Å²) in [5, 5.41) is 10.9. The number of aromatic nitrogens is 4. The van der Waals surface area contributed by atoms with Crippen LogP contribution in [0.25, 0.3) is 11.4 Å². The van der Waals surface area contributed by atoms with E-state index in [4.69, 9.17) is 4.52 Å². The van der Waals surface area contributed by atoms with Gasteiger partial charge in [0.2, 0.25) is 17.6 Å². The van der Waals surface area contributed by atoms with Crippen molar-refractivity contribution >= 4 is 11.8 Å². The predicted molar refractivity (Wildman–Crippen MR) is 118 cm³/mol. The van der Waals surface area contributed by atoms with Gasteiger partial charge >= 0.3 is 0 Å². The van der Waals surface area contributed by atoms with Gasteiger partial charge in [0.25, 0.3) is 5.91 Å². The van der Waals surface area contributed by atoms with Crippen molar-refractivity contribution in [3.63, 3.8) is 0 Å². The normalized spacial score (nSPS) is 14.5. The summed E-state index contributed by atoms with van der Waals surface area (Å²) in [5.41, 5.74) is 1.63. The Morgan fingerprint density at radius 3 is 2.76 bits per heavy atom. The van der Waals surface area contributed by atoms with E-state index in [2.05, 4.69) is 20.6 Å². The minimum atomic E-state index is -0.325. The van der Waals surface area contributed by atoms with Gasteiger partial charge in [0.1, 0.15) is 5.82 Å². The molecule has 33 heavy (non-hydrogen) atoms. The fraction of sp³-hybridized carbons (Fsp3) is 0.435. The summed E-state index contributed by atoms with van der Waals surface area (Å²) in [6, 6.07) is 4.78. The first-order valence-corrected chi connectivity index (χ1v) is 11.0. The molecule has 1 saturated heterocycles. The number of hydrogen-bond acceptors (Lipinski definition) is 6. The molecule has 174 valence electrons. The highest BCUT2D eigenvalue weighted by Gasteiger charge is 2.24. The number of aryl methyl sites for hydroxylation is 3. The summed E-state index contributed by atoms with van der Waals surface area (Å²) in [7, 11) is 1.77. The van der Waals surface area contributed by atoms with Gasteiger partial charge in [-0.05, 0) is 37.3 Å². The van der Waals surface area contributed by atoms with Crippen LogP contribution in [0.3, 0.4) is 0 Å². The zero-order chi connectivity index (χ0) is 23.4. The molecule has 2 aromatic heterocycles. The maximum absolute atomic E-state index is 13.8. The van der Waals surface area contributed by atoms with Gasteiger partial charge in [0, 0.05) is 51.3 Å². The lowest BCUT2D eigenvalue weighted by atomic mass is 9.96. The molecule has 0 aliphatic carbocycles. The van der Waals surface area contributed by atoms with Crippen molar-refractivity contribution < 1.29 is 18.5 Å². The van der Waals surface area contributed by atoms with Crippen molar-refractivity contribution in [2.75, 3.05) is 19.6 Å². The van der Waals surface area contributed by atoms with Crippen LogP contribution in [0.1, 0.15) is 41.1 Å². The molecule has 1 aromatic carbocycles. The van der Waals surface area contributed by atoms with Crippen LogP contribution < -0.4 is 5.32 Å². The van der Waals surface area contributed by atoms with Crippen molar-refractivity contribution in [2.24, 2.45) is 13.0 Å². The van der Waals surface area contributed by atoms with E-state index in [9.17, 15) is 14.0 Å². The highest BCUT2D eigenvalue weighted by Crippen LogP contribution is 2.20. The van der Waals surface area contributed by atoms with Gasteiger partial charge in [-0.1, -0.05) is 17.3 Å². The summed E-state index contributed by atoms with van der Waals surface area (Å²) in [6.45, 7) is 3.59. The van der Waals surface area contributed by atoms with Gasteiger partial charge in [0.15, 0.2) is 0 Å². The molecule has 3 heterocycles. The Kier molecular flexibility index (Phi) is 6.81. The minimum absolute atomic E-state index is 0.0361. The highest BCUT2D eigenvalue weighted by molar-refractivity contribution is 5.93. The molecule has 0 radical (unpaired) electrons. The molecule has 1 fully saturated rings. The number of amides is 2. The van der Waals surface area contributed by atoms with Crippen molar-refractivity contribution in [3.8, 4) is 11.4 Å². The number of nitrogens with zero attached hydrogens (tertiary/aromatic N) is 5. The third-order valence-corrected chi connectivity index (χ3v) is 5.94. The molecule has 0 bridgehead atoms. The van der Waals surface area contributed by atoms with Crippen molar-refractivity contribution in [3.05, 3.63) is 53.4 Å². The van der Waals surface area contributed by atoms with E-state index in [-0.39, 0.29) is 24.1 Å². The maximum Gasteiger partial charge on any atom is 0.254 e. The average Bonchev–Trinajstić information content (AvgIpc) is 3.47. The lowest BCUT2D eigenvalue weighted by Gasteiger charge is -2.32. The number of nitrogens with one attached hydrogen (secondary N) is 1. The Balaban J connectivity index is 1.20. The zero-order valence-corrected chi connectivity index (χ0v) is 18.8. The van der Waals surface area contributed by atoms with Crippen LogP contribution >= 0.6 is 0 Å². The van der Waals surface area contributed by atoms with E-state index in [0.29, 0.717) is 60.4 Å². The Morgan fingerprint density at radius 1 is 1.27 bits per heavy atom. The van der Waals surface area contributed by atoms with Gasteiger partial charge < -0.3 is 14.7 Å². The molecule has 1 aliphatic rings. The third-order valence-electron chi connectivity index (χ3n) is 5.94. The van der Waals surface area contributed by atoms with Gasteiger partial charge in [-0.25, -0.2) is 4.39 Å². The first kappa shape index (κ1) is 22.6. The molecule has 0 atom stereocenters. The van der Waals surface area contributed by atoms with Crippen LogP contribution in [0.5, 0.6) is 0 Å². The molecular formula is C23H27FN6O3. The molecule has 4 rings (SSSR count). The summed E-state index contributed by atoms with van der Waals surface area (Å²) < 4.78 is 20.6. The van der Waals surface area contributed by atoms with E-state index in [1.807, 2.05) is 4.90 Å². The highest BCUT2D eigenvalue weighted by atomic mass is 19.1. The molecule has 10 heteroatoms. The second kappa shape index (κ2) is 9.93. The Labute approximate surface area is 191 Å². The molecule has 0 unspecified atom stereocenters. The maximum atomic E-state index is 13.8. The number of rotatable bonds is 7. The van der Waals surface area contributed by atoms with Crippen LogP contribution in [0, 0.1) is 18.7 Å². The lowest BCUT2D eigenvalue weighted by Crippen LogP contribution is -2.41. The van der Waals surface area contributed by atoms with Gasteiger partial charge in [-0.3, -0.25) is 14.3 Å². The van der Waals surface area contributed by atoms with E-state index >= 15 is 0 Å². The fourth-order valence-electron chi connectivity index (χ4n) is 3.84. The predicted octanol–water partition coefficient (Wildman–Crippen LogP) is 2.52. The second-order valence-electron chi connectivity index (χ2n) is 8.41. The molecule has 2 amide bonds. The van der Waals surface area contributed by atoms with Crippen LogP contribution in [-0.4, -0.2) is 56.3 Å². The monoisotopic (exact) mass is 454 g/mol. The summed E-state index contributed by atoms with van der Waals surface area (Å²) in [6.07, 6.45) is 5.50. The molecule has 1 N–H and O–H groups in total. The SMILES string of the molecule is Cc1ccc(-c2noc(CCC(=O)N3CCC(CNC(=O)c4cnn(C)c4)CC3)n2)cc1F. The van der Waals surface area contributed by atoms with Crippen molar-refractivity contribution in [1.82, 2.24) is 30.1 Å². The summed E-state index contributed by atoms with van der Waals surface area (Å²) >= 11 is 0. The molecule has 1 aliphatic heterocycles. The molecule has 0 spiro atoms. The quantitative estimate of drug-likeness (QED) is 0.588. The molecule has 0 saturated carbocycles. The van der Waals surface area contributed by atoms with E-state index < -0.39 is 0 Å². The summed E-state index contributed by atoms with van der Waals surface area (Å²) in [4.78, 5) is 30.9. The number of carbonyl (C=O) groups is 2. The van der Waals surface area contributed by atoms with Gasteiger partial charge in [0.05, 0.1) is 11.8 Å². The lowest BCUT2D eigenvalue weighted by molar-refractivity contribution is -0.132. The van der Waals surface area contributed by atoms with Gasteiger partial charge in [-0.2, -0.15) is 10.1 Å². The molecule has 9 nitrogen and oxygen atoms in total. The number of carbonyl (C=O) groups excluding carboxylic acids is 2. The number of hydrogen-bond donors (Lipinski definition) is 1. The number of piperidine rings is 1. The first-order valence-electron chi connectivity index (χ1n) is 11.0. The fourth-order valence-corrected chi connectivity index (χ4v) is 3.84. The third kappa shape index (κ3) is 5.63. The van der Waals surface area contributed by atoms with E-state index in [1.54, 1.807) is 43.2 Å². The minimum Gasteiger partial charge on any atom is -0.352 e. The first-order chi connectivity index (χ1) is 15.9. The molecule has 3 aromatic rings. The van der Waals surface area contributed by atoms with Crippen LogP contribution in [0.2, 0.25) is 0 Å². The average molecular weight is 455 g/mol. The van der Waals surface area contributed by atoms with E-state index in [1.165, 1.54) is 6.07 Å². The van der Waals surface area contributed by atoms with Crippen LogP contribution in [0.4, 0.5) is 4.39 Å². The van der Waals surface area contributed by atoms with Crippen LogP contribution in [0.15, 0.2) is 35.1 Å². The Bertz CT molecular complexity index is 1130. The number of benzene rings is 1. The zero-order valence-electron chi connectivity index (χ0n) is 18.8. The van der Waals surface area contributed by atoms with E-state index in [0.717, 1.165) is 12.8 Å². The number of halogens is 1. The summed E-state index contributed by atoms with van der Waals surface area (Å²) in [5.74, 6) is 0.581. The second-order valence-corrected chi connectivity index (χ2v) is 8.41. The van der Waals surface area contributed by atoms with Crippen LogP contribution in [-0.2, 0) is 18.3 Å². The standard InChI is InChI=1S/C23H27FN6O3/c1-15-3-4-17(11-19(15)24)22-27-20(33-28-22)5-6-21(31)30-9-7-16(8-10-30)12-25-23(32)18-13-26-29(2)14-18/h3-4,11,13-14,16H,5-10,12H2,1-2H3,(H,25,32). The van der Waals surface area contributed by atoms with Crippen molar-refractivity contribution in [1.29, 1.82) is 0 Å². The molecular weight excluding hydrogens is 427 g/mol. The van der Waals surface area contributed by atoms with Crippen molar-refractivity contribution in [2.45, 2.75) is 32.6 Å². The smallest absolute Gasteiger partial charge is 0.254 e. The number of likely N-dealkylation sites (tertiary alicyclic amines) is 1. The Morgan fingerprint density at radius 2 is 2.06 bits per heavy atom. The topological polar surface area (TPSA) is 106 Å².